The fourth-order valence-corrected chi connectivity index (χ4v) is 6.78. The Morgan fingerprint density at radius 1 is 1.32 bits per heavy atom. The minimum atomic E-state index is -3.92. The highest BCUT2D eigenvalue weighted by Gasteiger charge is 2.70. The van der Waals surface area contributed by atoms with E-state index < -0.39 is 42.8 Å². The number of ether oxygens (including phenoxy) is 1. The number of β-lactam (4-membered cyclic amide) rings is 1. The van der Waals surface area contributed by atoms with E-state index >= 15 is 0 Å². The van der Waals surface area contributed by atoms with Gasteiger partial charge in [0.25, 0.3) is 5.69 Å². The molecule has 0 spiro atoms. The Kier molecular flexibility index (Phi) is 6.14. The summed E-state index contributed by atoms with van der Waals surface area (Å²) in [5.41, 5.74) is 1.10. The van der Waals surface area contributed by atoms with Gasteiger partial charge >= 0.3 is 5.97 Å². The van der Waals surface area contributed by atoms with Crippen molar-refractivity contribution < 1.29 is 27.7 Å². The molecule has 1 aromatic heterocycles. The quantitative estimate of drug-likeness (QED) is 0.219. The third-order valence-corrected chi connectivity index (χ3v) is 9.17. The zero-order valence-corrected chi connectivity index (χ0v) is 19.6. The Labute approximate surface area is 195 Å². The molecule has 12 nitrogen and oxygen atoms in total. The first-order valence-corrected chi connectivity index (χ1v) is 12.5. The summed E-state index contributed by atoms with van der Waals surface area (Å²) in [6.45, 7) is 3.09. The van der Waals surface area contributed by atoms with Crippen LogP contribution in [0.15, 0.2) is 30.5 Å². The number of hydrogen-bond acceptors (Lipinski definition) is 9. The molecule has 0 saturated carbocycles. The van der Waals surface area contributed by atoms with Crippen LogP contribution in [0.1, 0.15) is 44.4 Å². The molecule has 0 radical (unpaired) electrons. The number of hydrogen-bond donors (Lipinski definition) is 0. The number of carbonyl (C=O) groups excluding carboxylic acids is 2. The van der Waals surface area contributed by atoms with E-state index in [0.29, 0.717) is 12.0 Å². The SMILES string of the molecule is CCCCc1cn(C[C@@]2(C)[C@H](C(=O)OCc3ccc([N+](=O)[O-])cc3)N3C(=O)C[C@H]3S2(=O)=O)nn1. The Morgan fingerprint density at radius 3 is 2.65 bits per heavy atom. The lowest BCUT2D eigenvalue weighted by Crippen LogP contribution is -2.58. The maximum Gasteiger partial charge on any atom is 0.330 e. The van der Waals surface area contributed by atoms with Crippen molar-refractivity contribution in [3.63, 3.8) is 0 Å². The largest absolute Gasteiger partial charge is 0.459 e. The molecule has 2 aromatic rings. The summed E-state index contributed by atoms with van der Waals surface area (Å²) in [6.07, 6.45) is 4.07. The molecule has 3 atom stereocenters. The van der Waals surface area contributed by atoms with Crippen LogP contribution in [0, 0.1) is 10.1 Å². The van der Waals surface area contributed by atoms with Crippen molar-refractivity contribution >= 4 is 27.4 Å². The van der Waals surface area contributed by atoms with E-state index in [1.54, 1.807) is 6.20 Å². The second-order valence-electron chi connectivity index (χ2n) is 8.76. The summed E-state index contributed by atoms with van der Waals surface area (Å²) in [5, 5.41) is 17.8. The average Bonchev–Trinajstić information content (AvgIpc) is 3.29. The molecule has 2 fully saturated rings. The number of amides is 1. The minimum absolute atomic E-state index is 0.107. The molecule has 4 rings (SSSR count). The fraction of sp³-hybridized carbons (Fsp3) is 0.524. The number of sulfone groups is 1. The lowest BCUT2D eigenvalue weighted by Gasteiger charge is -2.36. The minimum Gasteiger partial charge on any atom is -0.459 e. The molecule has 2 saturated heterocycles. The van der Waals surface area contributed by atoms with Gasteiger partial charge < -0.3 is 9.64 Å². The van der Waals surface area contributed by atoms with Gasteiger partial charge in [0.05, 0.1) is 23.6 Å². The van der Waals surface area contributed by atoms with Crippen molar-refractivity contribution in [3.8, 4) is 0 Å². The number of non-ortho nitro benzene ring substituents is 1. The first kappa shape index (κ1) is 23.8. The van der Waals surface area contributed by atoms with Crippen LogP contribution in [0.3, 0.4) is 0 Å². The van der Waals surface area contributed by atoms with E-state index in [-0.39, 0.29) is 25.3 Å². The van der Waals surface area contributed by atoms with Gasteiger partial charge in [-0.25, -0.2) is 13.2 Å². The number of benzene rings is 1. The summed E-state index contributed by atoms with van der Waals surface area (Å²) in [6, 6.07) is 4.11. The van der Waals surface area contributed by atoms with Crippen LogP contribution >= 0.6 is 0 Å². The molecule has 0 bridgehead atoms. The molecule has 0 N–H and O–H groups in total. The molecule has 0 aliphatic carbocycles. The second-order valence-corrected chi connectivity index (χ2v) is 11.3. The summed E-state index contributed by atoms with van der Waals surface area (Å²) >= 11 is 0. The number of fused-ring (bicyclic) bond motifs is 1. The number of nitro benzene ring substituents is 1. The number of nitro groups is 1. The Morgan fingerprint density at radius 2 is 2.03 bits per heavy atom. The summed E-state index contributed by atoms with van der Waals surface area (Å²) < 4.78 is 31.9. The predicted molar refractivity (Wildman–Crippen MR) is 118 cm³/mol. The maximum absolute atomic E-state index is 13.4. The van der Waals surface area contributed by atoms with Crippen LogP contribution in [0.2, 0.25) is 0 Å². The van der Waals surface area contributed by atoms with E-state index in [9.17, 15) is 28.1 Å². The van der Waals surface area contributed by atoms with Crippen LogP contribution in [-0.2, 0) is 43.7 Å². The molecule has 3 heterocycles. The second kappa shape index (κ2) is 8.78. The Bertz CT molecular complexity index is 1230. The van der Waals surface area contributed by atoms with Gasteiger partial charge in [0.2, 0.25) is 5.91 Å². The topological polar surface area (TPSA) is 155 Å². The smallest absolute Gasteiger partial charge is 0.330 e. The molecule has 2 aliphatic heterocycles. The van der Waals surface area contributed by atoms with Crippen molar-refractivity contribution in [1.82, 2.24) is 19.9 Å². The highest BCUT2D eigenvalue weighted by Crippen LogP contribution is 2.47. The van der Waals surface area contributed by atoms with Gasteiger partial charge in [-0.3, -0.25) is 19.6 Å². The third-order valence-electron chi connectivity index (χ3n) is 6.41. The molecule has 182 valence electrons. The standard InChI is InChI=1S/C21H25N5O7S/c1-3-4-5-15-11-24(23-22-15)13-21(2)19(25-17(27)10-18(25)34(21,31)32)20(28)33-12-14-6-8-16(9-7-14)26(29)30/h6-9,11,18-19H,3-5,10,12-13H2,1-2H3/t18-,19+,21+/m1/s1. The first-order chi connectivity index (χ1) is 16.1. The number of nitrogens with zero attached hydrogens (tertiary/aromatic N) is 5. The van der Waals surface area contributed by atoms with Gasteiger partial charge in [-0.15, -0.1) is 5.10 Å². The molecule has 0 unspecified atom stereocenters. The van der Waals surface area contributed by atoms with Gasteiger partial charge in [0.1, 0.15) is 16.7 Å². The van der Waals surface area contributed by atoms with Crippen molar-refractivity contribution in [3.05, 3.63) is 51.8 Å². The van der Waals surface area contributed by atoms with Crippen molar-refractivity contribution in [1.29, 1.82) is 0 Å². The van der Waals surface area contributed by atoms with E-state index in [4.69, 9.17) is 4.74 Å². The Hall–Kier alpha value is -3.35. The first-order valence-electron chi connectivity index (χ1n) is 10.9. The van der Waals surface area contributed by atoms with Crippen molar-refractivity contribution in [2.45, 2.75) is 68.8 Å². The molecule has 34 heavy (non-hydrogen) atoms. The lowest BCUT2D eigenvalue weighted by molar-refractivity contribution is -0.384. The number of aryl methyl sites for hydroxylation is 1. The molecule has 1 amide bonds. The monoisotopic (exact) mass is 491 g/mol. The van der Waals surface area contributed by atoms with Gasteiger partial charge in [0.15, 0.2) is 15.9 Å². The zero-order valence-electron chi connectivity index (χ0n) is 18.8. The van der Waals surface area contributed by atoms with E-state index in [1.165, 1.54) is 35.9 Å². The Balaban J connectivity index is 1.56. The van der Waals surface area contributed by atoms with E-state index in [0.717, 1.165) is 23.4 Å². The van der Waals surface area contributed by atoms with Gasteiger partial charge in [0, 0.05) is 18.3 Å². The van der Waals surface area contributed by atoms with Gasteiger partial charge in [-0.2, -0.15) is 0 Å². The number of carbonyl (C=O) groups is 2. The van der Waals surface area contributed by atoms with Crippen LogP contribution in [-0.4, -0.2) is 61.3 Å². The van der Waals surface area contributed by atoms with Crippen LogP contribution in [0.25, 0.3) is 0 Å². The van der Waals surface area contributed by atoms with E-state index in [1.807, 2.05) is 6.92 Å². The van der Waals surface area contributed by atoms with Crippen molar-refractivity contribution in [2.75, 3.05) is 0 Å². The third kappa shape index (κ3) is 3.93. The fourth-order valence-electron chi connectivity index (χ4n) is 4.43. The molecular weight excluding hydrogens is 466 g/mol. The van der Waals surface area contributed by atoms with Gasteiger partial charge in [-0.1, -0.05) is 18.6 Å². The summed E-state index contributed by atoms with van der Waals surface area (Å²) in [4.78, 5) is 36.8. The molecular formula is C21H25N5O7S. The molecule has 13 heteroatoms. The number of unbranched alkanes of at least 4 members (excludes halogenated alkanes) is 1. The van der Waals surface area contributed by atoms with Crippen LogP contribution in [0.5, 0.6) is 0 Å². The average molecular weight is 492 g/mol. The predicted octanol–water partition coefficient (Wildman–Crippen LogP) is 1.39. The highest BCUT2D eigenvalue weighted by molar-refractivity contribution is 7.93. The number of rotatable bonds is 9. The van der Waals surface area contributed by atoms with Crippen LogP contribution in [0.4, 0.5) is 5.69 Å². The summed E-state index contributed by atoms with van der Waals surface area (Å²) in [5.74, 6) is -1.29. The summed E-state index contributed by atoms with van der Waals surface area (Å²) in [7, 11) is -3.92. The number of esters is 1. The number of aromatic nitrogens is 3. The molecule has 2 aliphatic rings. The van der Waals surface area contributed by atoms with Crippen LogP contribution < -0.4 is 0 Å². The zero-order chi connectivity index (χ0) is 24.7. The normalized spacial score (nSPS) is 25.0. The highest BCUT2D eigenvalue weighted by atomic mass is 32.2. The lowest BCUT2D eigenvalue weighted by atomic mass is 9.96. The molecule has 1 aromatic carbocycles. The van der Waals surface area contributed by atoms with Crippen molar-refractivity contribution in [2.24, 2.45) is 0 Å². The van der Waals surface area contributed by atoms with E-state index in [2.05, 4.69) is 10.3 Å². The van der Waals surface area contributed by atoms with Gasteiger partial charge in [-0.05, 0) is 37.5 Å². The maximum atomic E-state index is 13.4.